The van der Waals surface area contributed by atoms with Gasteiger partial charge in [0, 0.05) is 18.4 Å². The van der Waals surface area contributed by atoms with Crippen molar-refractivity contribution in [1.29, 1.82) is 0 Å². The van der Waals surface area contributed by atoms with Crippen LogP contribution in [0.5, 0.6) is 11.5 Å². The zero-order valence-corrected chi connectivity index (χ0v) is 16.9. The number of para-hydroxylation sites is 1. The Morgan fingerprint density at radius 1 is 1.13 bits per heavy atom. The molecule has 2 aromatic carbocycles. The van der Waals surface area contributed by atoms with Crippen molar-refractivity contribution in [3.8, 4) is 11.5 Å². The molecule has 7 heteroatoms. The molecule has 1 aromatic heterocycles. The molecule has 0 radical (unpaired) electrons. The summed E-state index contributed by atoms with van der Waals surface area (Å²) in [6.07, 6.45) is 6.44. The molecule has 0 unspecified atom stereocenters. The Labute approximate surface area is 174 Å². The van der Waals surface area contributed by atoms with E-state index in [2.05, 4.69) is 10.4 Å². The van der Waals surface area contributed by atoms with E-state index in [1.54, 1.807) is 53.5 Å². The van der Waals surface area contributed by atoms with E-state index in [1.807, 2.05) is 25.1 Å². The van der Waals surface area contributed by atoms with Gasteiger partial charge in [-0.15, -0.1) is 0 Å². The first-order valence-corrected chi connectivity index (χ1v) is 9.49. The molecule has 0 bridgehead atoms. The molecule has 0 spiro atoms. The number of benzene rings is 2. The van der Waals surface area contributed by atoms with Crippen LogP contribution in [0.4, 0.5) is 5.69 Å². The van der Waals surface area contributed by atoms with E-state index in [4.69, 9.17) is 9.47 Å². The Bertz CT molecular complexity index is 1040. The summed E-state index contributed by atoms with van der Waals surface area (Å²) in [7, 11) is 1.52. The minimum absolute atomic E-state index is 0.133. The second-order valence-corrected chi connectivity index (χ2v) is 6.40. The third-order valence-electron chi connectivity index (χ3n) is 4.27. The fraction of sp³-hybridized carbons (Fsp3) is 0.174. The second kappa shape index (κ2) is 10.1. The summed E-state index contributed by atoms with van der Waals surface area (Å²) in [6, 6.07) is 14.4. The molecule has 3 rings (SSSR count). The van der Waals surface area contributed by atoms with Crippen LogP contribution in [-0.2, 0) is 11.3 Å². The maximum Gasteiger partial charge on any atom is 0.262 e. The molecule has 0 aliphatic heterocycles. The van der Waals surface area contributed by atoms with Gasteiger partial charge >= 0.3 is 0 Å². The van der Waals surface area contributed by atoms with Crippen molar-refractivity contribution in [3.05, 3.63) is 78.1 Å². The molecule has 0 fully saturated rings. The lowest BCUT2D eigenvalue weighted by Crippen LogP contribution is -2.20. The number of hydrogen-bond donors (Lipinski definition) is 1. The number of amides is 1. The molecule has 0 saturated carbocycles. The van der Waals surface area contributed by atoms with E-state index < -0.39 is 0 Å². The Morgan fingerprint density at radius 2 is 1.93 bits per heavy atom. The van der Waals surface area contributed by atoms with Crippen LogP contribution in [0.3, 0.4) is 0 Å². The number of ether oxygens (including phenoxy) is 2. The zero-order valence-electron chi connectivity index (χ0n) is 16.9. The smallest absolute Gasteiger partial charge is 0.262 e. The van der Waals surface area contributed by atoms with Gasteiger partial charge in [-0.3, -0.25) is 14.3 Å². The summed E-state index contributed by atoms with van der Waals surface area (Å²) in [6.45, 7) is 2.51. The summed E-state index contributed by atoms with van der Waals surface area (Å²) in [5.74, 6) is 0.501. The molecule has 0 atom stereocenters. The maximum atomic E-state index is 12.3. The third-order valence-corrected chi connectivity index (χ3v) is 4.27. The minimum atomic E-state index is -0.273. The van der Waals surface area contributed by atoms with E-state index in [1.165, 1.54) is 13.2 Å². The van der Waals surface area contributed by atoms with Crippen molar-refractivity contribution in [3.63, 3.8) is 0 Å². The van der Waals surface area contributed by atoms with Crippen molar-refractivity contribution in [2.75, 3.05) is 19.0 Å². The first kappa shape index (κ1) is 20.9. The van der Waals surface area contributed by atoms with Gasteiger partial charge in [-0.25, -0.2) is 0 Å². The lowest BCUT2D eigenvalue weighted by Gasteiger charge is -2.11. The number of nitrogens with one attached hydrogen (secondary N) is 1. The van der Waals surface area contributed by atoms with Crippen LogP contribution in [0.15, 0.2) is 67.0 Å². The molecular weight excluding hydrogens is 382 g/mol. The molecule has 1 amide bonds. The van der Waals surface area contributed by atoms with Crippen molar-refractivity contribution in [2.45, 2.75) is 13.5 Å². The molecule has 0 saturated heterocycles. The lowest BCUT2D eigenvalue weighted by atomic mass is 10.1. The van der Waals surface area contributed by atoms with Crippen LogP contribution >= 0.6 is 0 Å². The average Bonchev–Trinajstić information content (AvgIpc) is 3.26. The molecule has 0 aliphatic carbocycles. The monoisotopic (exact) mass is 405 g/mol. The van der Waals surface area contributed by atoms with Gasteiger partial charge in [0.25, 0.3) is 5.91 Å². The number of aromatic nitrogens is 2. The number of carbonyl (C=O) groups excluding carboxylic acids is 2. The van der Waals surface area contributed by atoms with Gasteiger partial charge in [0.05, 0.1) is 18.9 Å². The Kier molecular flexibility index (Phi) is 7.00. The SMILES string of the molecule is CCn1cc(C(=O)/C=C/c2ccc(OCC(=O)Nc3ccccc3)c(OC)c2)cn1. The summed E-state index contributed by atoms with van der Waals surface area (Å²) >= 11 is 0. The lowest BCUT2D eigenvalue weighted by molar-refractivity contribution is -0.118. The van der Waals surface area contributed by atoms with E-state index in [9.17, 15) is 9.59 Å². The van der Waals surface area contributed by atoms with Crippen LogP contribution in [0.1, 0.15) is 22.8 Å². The van der Waals surface area contributed by atoms with Crippen LogP contribution in [0, 0.1) is 0 Å². The Hall–Kier alpha value is -3.87. The van der Waals surface area contributed by atoms with Crippen LogP contribution in [0.2, 0.25) is 0 Å². The number of rotatable bonds is 9. The molecular formula is C23H23N3O4. The molecule has 3 aromatic rings. The first-order valence-electron chi connectivity index (χ1n) is 9.49. The minimum Gasteiger partial charge on any atom is -0.493 e. The second-order valence-electron chi connectivity index (χ2n) is 6.40. The van der Waals surface area contributed by atoms with Gasteiger partial charge in [-0.1, -0.05) is 30.3 Å². The highest BCUT2D eigenvalue weighted by atomic mass is 16.5. The van der Waals surface area contributed by atoms with Gasteiger partial charge < -0.3 is 14.8 Å². The predicted octanol–water partition coefficient (Wildman–Crippen LogP) is 3.83. The van der Waals surface area contributed by atoms with E-state index >= 15 is 0 Å². The van der Waals surface area contributed by atoms with Crippen molar-refractivity contribution >= 4 is 23.5 Å². The molecule has 0 aliphatic rings. The molecule has 30 heavy (non-hydrogen) atoms. The summed E-state index contributed by atoms with van der Waals surface area (Å²) < 4.78 is 12.6. The average molecular weight is 405 g/mol. The summed E-state index contributed by atoms with van der Waals surface area (Å²) in [5.41, 5.74) is 2.00. The largest absolute Gasteiger partial charge is 0.493 e. The Balaban J connectivity index is 1.61. The first-order chi connectivity index (χ1) is 14.6. The fourth-order valence-electron chi connectivity index (χ4n) is 2.70. The standard InChI is InChI=1S/C23H23N3O4/c1-3-26-15-18(14-24-26)20(27)11-9-17-10-12-21(22(13-17)29-2)30-16-23(28)25-19-7-5-4-6-8-19/h4-15H,3,16H2,1-2H3,(H,25,28)/b11-9+. The van der Waals surface area contributed by atoms with Gasteiger partial charge in [-0.2, -0.15) is 5.10 Å². The normalized spacial score (nSPS) is 10.7. The fourth-order valence-corrected chi connectivity index (χ4v) is 2.70. The van der Waals surface area contributed by atoms with E-state index in [0.29, 0.717) is 29.3 Å². The van der Waals surface area contributed by atoms with E-state index in [0.717, 1.165) is 5.56 Å². The zero-order chi connectivity index (χ0) is 21.3. The van der Waals surface area contributed by atoms with Crippen molar-refractivity contribution in [2.24, 2.45) is 0 Å². The third kappa shape index (κ3) is 5.57. The molecule has 154 valence electrons. The topological polar surface area (TPSA) is 82.5 Å². The van der Waals surface area contributed by atoms with Gasteiger partial charge in [0.15, 0.2) is 23.9 Å². The number of hydrogen-bond acceptors (Lipinski definition) is 5. The quantitative estimate of drug-likeness (QED) is 0.432. The van der Waals surface area contributed by atoms with Crippen molar-refractivity contribution < 1.29 is 19.1 Å². The number of methoxy groups -OCH3 is 1. The summed E-state index contributed by atoms with van der Waals surface area (Å²) in [4.78, 5) is 24.3. The Morgan fingerprint density at radius 3 is 2.63 bits per heavy atom. The van der Waals surface area contributed by atoms with Gasteiger partial charge in [-0.05, 0) is 42.8 Å². The highest BCUT2D eigenvalue weighted by Crippen LogP contribution is 2.28. The molecule has 1 heterocycles. The number of nitrogens with zero attached hydrogens (tertiary/aromatic N) is 2. The highest BCUT2D eigenvalue weighted by molar-refractivity contribution is 6.06. The van der Waals surface area contributed by atoms with Crippen LogP contribution in [-0.4, -0.2) is 35.2 Å². The van der Waals surface area contributed by atoms with Crippen LogP contribution in [0.25, 0.3) is 6.08 Å². The number of carbonyl (C=O) groups is 2. The number of aryl methyl sites for hydroxylation is 1. The highest BCUT2D eigenvalue weighted by Gasteiger charge is 2.09. The number of ketones is 1. The molecule has 1 N–H and O–H groups in total. The number of allylic oxidation sites excluding steroid dienone is 1. The van der Waals surface area contributed by atoms with Crippen LogP contribution < -0.4 is 14.8 Å². The van der Waals surface area contributed by atoms with E-state index in [-0.39, 0.29) is 18.3 Å². The maximum absolute atomic E-state index is 12.3. The van der Waals surface area contributed by atoms with Crippen molar-refractivity contribution in [1.82, 2.24) is 9.78 Å². The molecule has 7 nitrogen and oxygen atoms in total. The summed E-state index contributed by atoms with van der Waals surface area (Å²) in [5, 5.41) is 6.86. The number of anilines is 1. The predicted molar refractivity (Wildman–Crippen MR) is 115 cm³/mol. The van der Waals surface area contributed by atoms with Gasteiger partial charge in [0.2, 0.25) is 0 Å². The van der Waals surface area contributed by atoms with Gasteiger partial charge in [0.1, 0.15) is 0 Å².